The van der Waals surface area contributed by atoms with Gasteiger partial charge in [0.1, 0.15) is 22.9 Å². The summed E-state index contributed by atoms with van der Waals surface area (Å²) in [5.41, 5.74) is -0.384. The largest absolute Gasteiger partial charge is 0.465 e. The molecule has 6 nitrogen and oxygen atoms in total. The average Bonchev–Trinajstić information content (AvgIpc) is 3.07. The molecule has 2 aromatic carbocycles. The fraction of sp³-hybridized carbons (Fsp3) is 0.105. The minimum atomic E-state index is -0.936. The van der Waals surface area contributed by atoms with Gasteiger partial charge in [-0.25, -0.2) is 23.1 Å². The molecule has 0 unspecified atom stereocenters. The van der Waals surface area contributed by atoms with Crippen LogP contribution in [0.15, 0.2) is 48.5 Å². The summed E-state index contributed by atoms with van der Waals surface area (Å²) in [6.07, 6.45) is 0. The molecule has 0 aliphatic carbocycles. The Morgan fingerprint density at radius 3 is 2.22 bits per heavy atom. The van der Waals surface area contributed by atoms with E-state index in [1.54, 1.807) is 30.3 Å². The smallest absolute Gasteiger partial charge is 0.357 e. The zero-order valence-corrected chi connectivity index (χ0v) is 14.4. The first-order valence-corrected chi connectivity index (χ1v) is 7.78. The van der Waals surface area contributed by atoms with Crippen LogP contribution in [-0.4, -0.2) is 35.9 Å². The van der Waals surface area contributed by atoms with E-state index >= 15 is 0 Å². The van der Waals surface area contributed by atoms with Crippen LogP contribution in [0.25, 0.3) is 16.9 Å². The molecule has 0 saturated carbocycles. The molecule has 0 aliphatic rings. The Morgan fingerprint density at radius 2 is 1.63 bits per heavy atom. The Morgan fingerprint density at radius 1 is 0.963 bits per heavy atom. The monoisotopic (exact) mass is 372 g/mol. The van der Waals surface area contributed by atoms with E-state index in [1.807, 2.05) is 0 Å². The van der Waals surface area contributed by atoms with Gasteiger partial charge in [-0.1, -0.05) is 18.2 Å². The number of ether oxygens (including phenoxy) is 2. The zero-order chi connectivity index (χ0) is 19.6. The molecule has 0 N–H and O–H groups in total. The SMILES string of the molecule is COC(=O)c1c(-c2ccc(F)cc2F)nn(-c2ccccc2)c1C(=O)OC. The van der Waals surface area contributed by atoms with Crippen molar-refractivity contribution >= 4 is 11.9 Å². The van der Waals surface area contributed by atoms with E-state index in [0.29, 0.717) is 11.8 Å². The van der Waals surface area contributed by atoms with Crippen molar-refractivity contribution < 1.29 is 27.8 Å². The minimum Gasteiger partial charge on any atom is -0.465 e. The molecule has 0 bridgehead atoms. The Bertz CT molecular complexity index is 1020. The Kier molecular flexibility index (Phi) is 4.98. The lowest BCUT2D eigenvalue weighted by atomic mass is 10.0. The van der Waals surface area contributed by atoms with Crippen molar-refractivity contribution in [3.05, 3.63) is 71.4 Å². The number of esters is 2. The van der Waals surface area contributed by atoms with Gasteiger partial charge in [0.25, 0.3) is 0 Å². The molecule has 138 valence electrons. The van der Waals surface area contributed by atoms with Crippen LogP contribution in [0.4, 0.5) is 8.78 Å². The van der Waals surface area contributed by atoms with Gasteiger partial charge in [0.15, 0.2) is 5.69 Å². The fourth-order valence-corrected chi connectivity index (χ4v) is 2.62. The van der Waals surface area contributed by atoms with E-state index in [0.717, 1.165) is 31.0 Å². The molecule has 0 radical (unpaired) electrons. The van der Waals surface area contributed by atoms with Gasteiger partial charge in [0.05, 0.1) is 19.9 Å². The molecule has 0 amide bonds. The van der Waals surface area contributed by atoms with Crippen LogP contribution in [0, 0.1) is 11.6 Å². The third-order valence-corrected chi connectivity index (χ3v) is 3.84. The number of benzene rings is 2. The van der Waals surface area contributed by atoms with Crippen molar-refractivity contribution in [3.63, 3.8) is 0 Å². The van der Waals surface area contributed by atoms with Crippen LogP contribution in [0.5, 0.6) is 0 Å². The van der Waals surface area contributed by atoms with Crippen molar-refractivity contribution in [3.8, 4) is 16.9 Å². The highest BCUT2D eigenvalue weighted by Crippen LogP contribution is 2.31. The summed E-state index contributed by atoms with van der Waals surface area (Å²) in [7, 11) is 2.26. The van der Waals surface area contributed by atoms with E-state index in [2.05, 4.69) is 5.10 Å². The first kappa shape index (κ1) is 18.2. The first-order chi connectivity index (χ1) is 13.0. The van der Waals surface area contributed by atoms with Crippen molar-refractivity contribution in [1.82, 2.24) is 9.78 Å². The minimum absolute atomic E-state index is 0.156. The van der Waals surface area contributed by atoms with Gasteiger partial charge in [-0.3, -0.25) is 0 Å². The van der Waals surface area contributed by atoms with Crippen LogP contribution >= 0.6 is 0 Å². The molecule has 0 atom stereocenters. The number of nitrogens with zero attached hydrogens (tertiary/aromatic N) is 2. The summed E-state index contributed by atoms with van der Waals surface area (Å²) in [5.74, 6) is -3.49. The van der Waals surface area contributed by atoms with Gasteiger partial charge < -0.3 is 9.47 Å². The lowest BCUT2D eigenvalue weighted by Gasteiger charge is -2.07. The normalized spacial score (nSPS) is 10.5. The molecular weight excluding hydrogens is 358 g/mol. The number of halogens is 2. The standard InChI is InChI=1S/C19H14F2N2O4/c1-26-18(24)15-16(13-9-8-11(20)10-14(13)21)22-23(17(15)19(25)27-2)12-6-4-3-5-7-12/h3-10H,1-2H3. The second-order valence-electron chi connectivity index (χ2n) is 5.43. The predicted molar refractivity (Wildman–Crippen MR) is 91.6 cm³/mol. The number of para-hydroxylation sites is 1. The van der Waals surface area contributed by atoms with Crippen molar-refractivity contribution in [1.29, 1.82) is 0 Å². The van der Waals surface area contributed by atoms with E-state index in [4.69, 9.17) is 9.47 Å². The van der Waals surface area contributed by atoms with Crippen molar-refractivity contribution in [2.45, 2.75) is 0 Å². The highest BCUT2D eigenvalue weighted by molar-refractivity contribution is 6.06. The highest BCUT2D eigenvalue weighted by Gasteiger charge is 2.32. The average molecular weight is 372 g/mol. The lowest BCUT2D eigenvalue weighted by molar-refractivity contribution is 0.0549. The number of hydrogen-bond donors (Lipinski definition) is 0. The molecule has 0 spiro atoms. The van der Waals surface area contributed by atoms with Gasteiger partial charge >= 0.3 is 11.9 Å². The van der Waals surface area contributed by atoms with Gasteiger partial charge in [-0.05, 0) is 24.3 Å². The van der Waals surface area contributed by atoms with Gasteiger partial charge in [0.2, 0.25) is 0 Å². The molecule has 8 heteroatoms. The number of carbonyl (C=O) groups excluding carboxylic acids is 2. The number of aromatic nitrogens is 2. The summed E-state index contributed by atoms with van der Waals surface area (Å²) >= 11 is 0. The summed E-state index contributed by atoms with van der Waals surface area (Å²) in [4.78, 5) is 24.8. The first-order valence-electron chi connectivity index (χ1n) is 7.78. The third-order valence-electron chi connectivity index (χ3n) is 3.84. The maximum atomic E-state index is 14.4. The Hall–Kier alpha value is -3.55. The number of methoxy groups -OCH3 is 2. The molecule has 0 fully saturated rings. The highest BCUT2D eigenvalue weighted by atomic mass is 19.1. The van der Waals surface area contributed by atoms with Gasteiger partial charge in [-0.2, -0.15) is 5.10 Å². The summed E-state index contributed by atoms with van der Waals surface area (Å²) in [5, 5.41) is 4.23. The van der Waals surface area contributed by atoms with Crippen molar-refractivity contribution in [2.75, 3.05) is 14.2 Å². The molecule has 3 aromatic rings. The number of hydrogen-bond acceptors (Lipinski definition) is 5. The summed E-state index contributed by atoms with van der Waals surface area (Å²) in [6.45, 7) is 0. The molecule has 0 saturated heterocycles. The van der Waals surface area contributed by atoms with E-state index in [1.165, 1.54) is 0 Å². The molecule has 0 aliphatic heterocycles. The topological polar surface area (TPSA) is 70.4 Å². The van der Waals surface area contributed by atoms with Crippen LogP contribution < -0.4 is 0 Å². The maximum absolute atomic E-state index is 14.4. The maximum Gasteiger partial charge on any atom is 0.357 e. The van der Waals surface area contributed by atoms with E-state index in [-0.39, 0.29) is 22.5 Å². The van der Waals surface area contributed by atoms with Gasteiger partial charge in [0, 0.05) is 11.6 Å². The number of carbonyl (C=O) groups is 2. The Labute approximate surface area is 152 Å². The summed E-state index contributed by atoms with van der Waals surface area (Å²) < 4.78 is 38.3. The Balaban J connectivity index is 2.38. The second-order valence-corrected chi connectivity index (χ2v) is 5.43. The molecule has 1 aromatic heterocycles. The van der Waals surface area contributed by atoms with E-state index < -0.39 is 23.6 Å². The molecule has 27 heavy (non-hydrogen) atoms. The molecule has 3 rings (SSSR count). The fourth-order valence-electron chi connectivity index (χ4n) is 2.62. The van der Waals surface area contributed by atoms with E-state index in [9.17, 15) is 18.4 Å². The lowest BCUT2D eigenvalue weighted by Crippen LogP contribution is -2.15. The van der Waals surface area contributed by atoms with Crippen LogP contribution in [-0.2, 0) is 9.47 Å². The third kappa shape index (κ3) is 3.29. The quantitative estimate of drug-likeness (QED) is 0.657. The molecule has 1 heterocycles. The van der Waals surface area contributed by atoms with Gasteiger partial charge in [-0.15, -0.1) is 0 Å². The summed E-state index contributed by atoms with van der Waals surface area (Å²) in [6, 6.07) is 11.3. The van der Waals surface area contributed by atoms with Crippen LogP contribution in [0.1, 0.15) is 20.8 Å². The van der Waals surface area contributed by atoms with Crippen LogP contribution in [0.3, 0.4) is 0 Å². The predicted octanol–water partition coefficient (Wildman–Crippen LogP) is 3.39. The molecular formula is C19H14F2N2O4. The van der Waals surface area contributed by atoms with Crippen LogP contribution in [0.2, 0.25) is 0 Å². The van der Waals surface area contributed by atoms with Crippen molar-refractivity contribution in [2.24, 2.45) is 0 Å². The zero-order valence-electron chi connectivity index (χ0n) is 14.4. The second kappa shape index (κ2) is 7.36. The number of rotatable bonds is 4.